The molecule has 0 fully saturated rings. The minimum absolute atomic E-state index is 0.0755. The smallest absolute Gasteiger partial charge is 0.175 e. The van der Waals surface area contributed by atoms with Crippen molar-refractivity contribution in [1.29, 1.82) is 0 Å². The molecular formula is C16H25N5. The van der Waals surface area contributed by atoms with Crippen LogP contribution in [0.2, 0.25) is 0 Å². The van der Waals surface area contributed by atoms with Crippen molar-refractivity contribution < 1.29 is 0 Å². The van der Waals surface area contributed by atoms with Crippen LogP contribution < -0.4 is 5.32 Å². The molecule has 2 heterocycles. The predicted octanol–water partition coefficient (Wildman–Crippen LogP) is 2.73. The molecule has 1 N–H and O–H groups in total. The van der Waals surface area contributed by atoms with E-state index in [0.29, 0.717) is 6.54 Å². The van der Waals surface area contributed by atoms with Crippen molar-refractivity contribution in [1.82, 2.24) is 25.3 Å². The highest BCUT2D eigenvalue weighted by molar-refractivity contribution is 5.32. The minimum atomic E-state index is 0.0755. The van der Waals surface area contributed by atoms with E-state index >= 15 is 0 Å². The lowest BCUT2D eigenvalue weighted by molar-refractivity contribution is 0.420. The van der Waals surface area contributed by atoms with E-state index in [4.69, 9.17) is 0 Å². The summed E-state index contributed by atoms with van der Waals surface area (Å²) in [5.41, 5.74) is 4.51. The largest absolute Gasteiger partial charge is 0.306 e. The van der Waals surface area contributed by atoms with Gasteiger partial charge in [-0.05, 0) is 58.7 Å². The van der Waals surface area contributed by atoms with Crippen LogP contribution in [-0.2, 0) is 13.0 Å². The molecule has 5 heteroatoms. The van der Waals surface area contributed by atoms with Crippen LogP contribution in [0.15, 0.2) is 12.1 Å². The molecular weight excluding hydrogens is 262 g/mol. The first-order valence-corrected chi connectivity index (χ1v) is 7.45. The normalized spacial score (nSPS) is 11.9. The van der Waals surface area contributed by atoms with E-state index in [1.807, 2.05) is 23.7 Å². The molecule has 0 saturated carbocycles. The Kier molecular flexibility index (Phi) is 4.42. The molecule has 114 valence electrons. The van der Waals surface area contributed by atoms with Gasteiger partial charge in [0, 0.05) is 17.8 Å². The monoisotopic (exact) mass is 287 g/mol. The number of rotatable bonds is 4. The van der Waals surface area contributed by atoms with Gasteiger partial charge in [-0.15, -0.1) is 5.10 Å². The average molecular weight is 287 g/mol. The van der Waals surface area contributed by atoms with Gasteiger partial charge in [-0.25, -0.2) is 4.68 Å². The summed E-state index contributed by atoms with van der Waals surface area (Å²) >= 11 is 0. The van der Waals surface area contributed by atoms with Crippen molar-refractivity contribution >= 4 is 0 Å². The van der Waals surface area contributed by atoms with E-state index < -0.39 is 0 Å². The molecule has 0 spiro atoms. The number of nitrogens with zero attached hydrogens (tertiary/aromatic N) is 4. The van der Waals surface area contributed by atoms with E-state index in [9.17, 15) is 0 Å². The quantitative estimate of drug-likeness (QED) is 0.939. The highest BCUT2D eigenvalue weighted by Crippen LogP contribution is 2.16. The van der Waals surface area contributed by atoms with E-state index in [-0.39, 0.29) is 5.54 Å². The van der Waals surface area contributed by atoms with Crippen molar-refractivity contribution in [3.05, 3.63) is 34.8 Å². The lowest BCUT2D eigenvalue weighted by Gasteiger charge is -2.19. The second kappa shape index (κ2) is 5.93. The van der Waals surface area contributed by atoms with Crippen LogP contribution >= 0.6 is 0 Å². The summed E-state index contributed by atoms with van der Waals surface area (Å²) in [6, 6.07) is 3.98. The summed E-state index contributed by atoms with van der Waals surface area (Å²) in [5.74, 6) is 0.773. The van der Waals surface area contributed by atoms with Crippen LogP contribution in [0.5, 0.6) is 0 Å². The fourth-order valence-electron chi connectivity index (χ4n) is 2.33. The Hall–Kier alpha value is -1.75. The Labute approximate surface area is 126 Å². The molecule has 0 bridgehead atoms. The first-order valence-electron chi connectivity index (χ1n) is 7.45. The van der Waals surface area contributed by atoms with Crippen molar-refractivity contribution in [2.24, 2.45) is 0 Å². The van der Waals surface area contributed by atoms with Gasteiger partial charge in [-0.1, -0.05) is 6.92 Å². The fraction of sp³-hybridized carbons (Fsp3) is 0.562. The summed E-state index contributed by atoms with van der Waals surface area (Å²) in [4.78, 5) is 0. The van der Waals surface area contributed by atoms with Gasteiger partial charge in [0.05, 0.1) is 11.4 Å². The second-order valence-electron chi connectivity index (χ2n) is 6.40. The number of hydrogen-bond donors (Lipinski definition) is 1. The van der Waals surface area contributed by atoms with Crippen molar-refractivity contribution in [3.63, 3.8) is 0 Å². The molecule has 0 saturated heterocycles. The first-order chi connectivity index (χ1) is 9.81. The third-order valence-corrected chi connectivity index (χ3v) is 3.52. The predicted molar refractivity (Wildman–Crippen MR) is 84.6 cm³/mol. The Morgan fingerprint density at radius 3 is 2.33 bits per heavy atom. The molecule has 0 aliphatic carbocycles. The van der Waals surface area contributed by atoms with Gasteiger partial charge < -0.3 is 5.32 Å². The molecule has 2 aromatic rings. The van der Waals surface area contributed by atoms with E-state index in [0.717, 1.165) is 29.3 Å². The molecule has 0 unspecified atom stereocenters. The zero-order valence-electron chi connectivity index (χ0n) is 13.9. The molecule has 0 aromatic carbocycles. The molecule has 0 radical (unpaired) electrons. The maximum absolute atomic E-state index is 4.56. The summed E-state index contributed by atoms with van der Waals surface area (Å²) < 4.78 is 1.88. The van der Waals surface area contributed by atoms with Gasteiger partial charge in [0.25, 0.3) is 0 Å². The lowest BCUT2D eigenvalue weighted by atomic mass is 10.1. The molecule has 21 heavy (non-hydrogen) atoms. The van der Waals surface area contributed by atoms with E-state index in [2.05, 4.69) is 55.2 Å². The van der Waals surface area contributed by atoms with Gasteiger partial charge >= 0.3 is 0 Å². The van der Waals surface area contributed by atoms with E-state index in [1.165, 1.54) is 5.56 Å². The van der Waals surface area contributed by atoms with Gasteiger partial charge in [-0.3, -0.25) is 0 Å². The Morgan fingerprint density at radius 1 is 1.14 bits per heavy atom. The number of nitrogens with one attached hydrogen (secondary N) is 1. The molecule has 5 nitrogen and oxygen atoms in total. The van der Waals surface area contributed by atoms with Gasteiger partial charge in [0.2, 0.25) is 0 Å². The lowest BCUT2D eigenvalue weighted by Crippen LogP contribution is -2.35. The Balaban J connectivity index is 2.19. The average Bonchev–Trinajstić information content (AvgIpc) is 2.71. The highest BCUT2D eigenvalue weighted by atomic mass is 15.3. The van der Waals surface area contributed by atoms with Crippen LogP contribution in [0.4, 0.5) is 0 Å². The zero-order valence-corrected chi connectivity index (χ0v) is 13.9. The Morgan fingerprint density at radius 2 is 1.86 bits per heavy atom. The standard InChI is InChI=1S/C16H25N5/c1-7-14-11(2)20-21(12(14)3)15-9-8-13(18-19-15)10-17-16(4,5)6/h8-9,17H,7,10H2,1-6H3. The summed E-state index contributed by atoms with van der Waals surface area (Å²) in [7, 11) is 0. The second-order valence-corrected chi connectivity index (χ2v) is 6.40. The van der Waals surface area contributed by atoms with Crippen LogP contribution in [0.3, 0.4) is 0 Å². The highest BCUT2D eigenvalue weighted by Gasteiger charge is 2.13. The maximum Gasteiger partial charge on any atom is 0.175 e. The van der Waals surface area contributed by atoms with Crippen LogP contribution in [0, 0.1) is 13.8 Å². The van der Waals surface area contributed by atoms with Crippen molar-refractivity contribution in [2.75, 3.05) is 0 Å². The van der Waals surface area contributed by atoms with Crippen LogP contribution in [-0.4, -0.2) is 25.5 Å². The van der Waals surface area contributed by atoms with Crippen LogP contribution in [0.25, 0.3) is 5.82 Å². The molecule has 0 aliphatic rings. The van der Waals surface area contributed by atoms with Gasteiger partial charge in [-0.2, -0.15) is 10.2 Å². The molecule has 2 aromatic heterocycles. The summed E-state index contributed by atoms with van der Waals surface area (Å²) in [6.45, 7) is 13.4. The van der Waals surface area contributed by atoms with Crippen molar-refractivity contribution in [3.8, 4) is 5.82 Å². The van der Waals surface area contributed by atoms with E-state index in [1.54, 1.807) is 0 Å². The number of aryl methyl sites for hydroxylation is 1. The molecule has 0 atom stereocenters. The third-order valence-electron chi connectivity index (χ3n) is 3.52. The van der Waals surface area contributed by atoms with Gasteiger partial charge in [0.15, 0.2) is 5.82 Å². The summed E-state index contributed by atoms with van der Waals surface area (Å²) in [6.07, 6.45) is 0.985. The van der Waals surface area contributed by atoms with Gasteiger partial charge in [0.1, 0.15) is 0 Å². The first kappa shape index (κ1) is 15.6. The number of hydrogen-bond acceptors (Lipinski definition) is 4. The Bertz CT molecular complexity index is 605. The SMILES string of the molecule is CCc1c(C)nn(-c2ccc(CNC(C)(C)C)nn2)c1C. The van der Waals surface area contributed by atoms with Crippen LogP contribution in [0.1, 0.15) is 50.3 Å². The molecule has 2 rings (SSSR count). The third kappa shape index (κ3) is 3.67. The fourth-order valence-corrected chi connectivity index (χ4v) is 2.33. The summed E-state index contributed by atoms with van der Waals surface area (Å²) in [5, 5.41) is 16.6. The topological polar surface area (TPSA) is 55.6 Å². The molecule has 0 amide bonds. The maximum atomic E-state index is 4.56. The number of aromatic nitrogens is 4. The molecule has 0 aliphatic heterocycles. The minimum Gasteiger partial charge on any atom is -0.306 e. The van der Waals surface area contributed by atoms with Crippen molar-refractivity contribution in [2.45, 2.75) is 60.0 Å². The zero-order chi connectivity index (χ0) is 15.6.